The van der Waals surface area contributed by atoms with Crippen molar-refractivity contribution in [2.45, 2.75) is 38.8 Å². The van der Waals surface area contributed by atoms with Crippen LogP contribution in [0.3, 0.4) is 0 Å². The van der Waals surface area contributed by atoms with Crippen LogP contribution < -0.4 is 4.74 Å². The SMILES string of the molecule is COC(=O)CCCCN(CCc1ccccc1OCc1ccc(C=Cc2ccccc2)cc1)Cc1ccc(C(=O)OC)cc1. The van der Waals surface area contributed by atoms with Gasteiger partial charge < -0.3 is 14.2 Å². The maximum absolute atomic E-state index is 11.8. The van der Waals surface area contributed by atoms with Gasteiger partial charge in [0.25, 0.3) is 0 Å². The lowest BCUT2D eigenvalue weighted by atomic mass is 10.1. The Morgan fingerprint density at radius 3 is 2.05 bits per heavy atom. The monoisotopic (exact) mass is 591 g/mol. The minimum Gasteiger partial charge on any atom is -0.489 e. The molecule has 4 rings (SSSR count). The number of carbonyl (C=O) groups excluding carboxylic acids is 2. The second kappa shape index (κ2) is 17.4. The van der Waals surface area contributed by atoms with Gasteiger partial charge in [-0.2, -0.15) is 0 Å². The van der Waals surface area contributed by atoms with Crippen LogP contribution in [0, 0.1) is 0 Å². The van der Waals surface area contributed by atoms with Crippen molar-refractivity contribution in [1.29, 1.82) is 0 Å². The Labute approximate surface area is 260 Å². The van der Waals surface area contributed by atoms with Crippen LogP contribution in [0.4, 0.5) is 0 Å². The van der Waals surface area contributed by atoms with Crippen molar-refractivity contribution < 1.29 is 23.8 Å². The van der Waals surface area contributed by atoms with Crippen LogP contribution in [0.2, 0.25) is 0 Å². The lowest BCUT2D eigenvalue weighted by molar-refractivity contribution is -0.140. The highest BCUT2D eigenvalue weighted by Crippen LogP contribution is 2.22. The minimum absolute atomic E-state index is 0.181. The van der Waals surface area contributed by atoms with Crippen molar-refractivity contribution in [3.63, 3.8) is 0 Å². The molecule has 0 unspecified atom stereocenters. The van der Waals surface area contributed by atoms with E-state index >= 15 is 0 Å². The summed E-state index contributed by atoms with van der Waals surface area (Å²) in [7, 11) is 2.81. The van der Waals surface area contributed by atoms with Gasteiger partial charge in [0.15, 0.2) is 0 Å². The van der Waals surface area contributed by atoms with E-state index in [4.69, 9.17) is 14.2 Å². The number of unbranched alkanes of at least 4 members (excludes halogenated alkanes) is 1. The van der Waals surface area contributed by atoms with E-state index in [1.807, 2.05) is 48.5 Å². The fourth-order valence-electron chi connectivity index (χ4n) is 4.87. The number of para-hydroxylation sites is 1. The highest BCUT2D eigenvalue weighted by Gasteiger charge is 2.12. The molecule has 6 nitrogen and oxygen atoms in total. The zero-order valence-electron chi connectivity index (χ0n) is 25.6. The Kier molecular flexibility index (Phi) is 12.8. The largest absolute Gasteiger partial charge is 0.489 e. The van der Waals surface area contributed by atoms with Crippen molar-refractivity contribution in [1.82, 2.24) is 4.90 Å². The summed E-state index contributed by atoms with van der Waals surface area (Å²) in [5.41, 5.74) is 6.22. The first kappa shape index (κ1) is 32.2. The van der Waals surface area contributed by atoms with Crippen LogP contribution in [0.1, 0.15) is 57.4 Å². The van der Waals surface area contributed by atoms with Gasteiger partial charge in [-0.1, -0.05) is 97.1 Å². The molecule has 0 heterocycles. The summed E-state index contributed by atoms with van der Waals surface area (Å²) in [4.78, 5) is 25.8. The molecule has 0 atom stereocenters. The quantitative estimate of drug-likeness (QED) is 0.0759. The standard InChI is InChI=1S/C38H41NO5/c1-42-37(40)14-8-9-26-39(28-32-21-23-35(24-22-32)38(41)43-2)27-25-34-12-6-7-13-36(34)44-29-33-19-17-31(18-20-33)16-15-30-10-4-3-5-11-30/h3-7,10-13,15-24H,8-9,14,25-29H2,1-2H3. The van der Waals surface area contributed by atoms with Crippen LogP contribution in [0.15, 0.2) is 103 Å². The Morgan fingerprint density at radius 1 is 0.682 bits per heavy atom. The van der Waals surface area contributed by atoms with E-state index in [0.717, 1.165) is 66.9 Å². The number of esters is 2. The number of hydrogen-bond acceptors (Lipinski definition) is 6. The van der Waals surface area contributed by atoms with E-state index in [1.54, 1.807) is 12.1 Å². The summed E-state index contributed by atoms with van der Waals surface area (Å²) in [5, 5.41) is 0. The molecule has 0 saturated heterocycles. The van der Waals surface area contributed by atoms with Gasteiger partial charge in [0.2, 0.25) is 0 Å². The summed E-state index contributed by atoms with van der Waals surface area (Å²) >= 11 is 0. The molecule has 6 heteroatoms. The number of benzene rings is 4. The first-order chi connectivity index (χ1) is 21.5. The summed E-state index contributed by atoms with van der Waals surface area (Å²) in [6.07, 6.45) is 7.11. The predicted molar refractivity (Wildman–Crippen MR) is 175 cm³/mol. The Hall–Kier alpha value is -4.68. The molecule has 0 N–H and O–H groups in total. The Bertz CT molecular complexity index is 1480. The van der Waals surface area contributed by atoms with Crippen molar-refractivity contribution in [3.8, 4) is 5.75 Å². The number of methoxy groups -OCH3 is 2. The van der Waals surface area contributed by atoms with Crippen LogP contribution in [-0.2, 0) is 33.8 Å². The van der Waals surface area contributed by atoms with E-state index < -0.39 is 0 Å². The zero-order valence-corrected chi connectivity index (χ0v) is 25.6. The third-order valence-electron chi connectivity index (χ3n) is 7.43. The topological polar surface area (TPSA) is 65.1 Å². The summed E-state index contributed by atoms with van der Waals surface area (Å²) in [6.45, 7) is 2.88. The number of rotatable bonds is 16. The molecular formula is C38H41NO5. The number of nitrogens with zero attached hydrogens (tertiary/aromatic N) is 1. The van der Waals surface area contributed by atoms with Gasteiger partial charge in [-0.3, -0.25) is 9.69 Å². The molecule has 228 valence electrons. The van der Waals surface area contributed by atoms with Gasteiger partial charge in [0.05, 0.1) is 19.8 Å². The van der Waals surface area contributed by atoms with E-state index in [-0.39, 0.29) is 11.9 Å². The van der Waals surface area contributed by atoms with E-state index in [9.17, 15) is 9.59 Å². The second-order valence-corrected chi connectivity index (χ2v) is 10.6. The second-order valence-electron chi connectivity index (χ2n) is 10.6. The van der Waals surface area contributed by atoms with Gasteiger partial charge >= 0.3 is 11.9 Å². The molecule has 0 aliphatic heterocycles. The van der Waals surface area contributed by atoms with Crippen LogP contribution in [-0.4, -0.2) is 44.1 Å². The first-order valence-corrected chi connectivity index (χ1v) is 15.0. The van der Waals surface area contributed by atoms with Gasteiger partial charge in [0, 0.05) is 19.5 Å². The Morgan fingerprint density at radius 2 is 1.34 bits per heavy atom. The van der Waals surface area contributed by atoms with Crippen molar-refractivity contribution in [2.24, 2.45) is 0 Å². The smallest absolute Gasteiger partial charge is 0.337 e. The van der Waals surface area contributed by atoms with Crippen LogP contribution in [0.5, 0.6) is 5.75 Å². The highest BCUT2D eigenvalue weighted by molar-refractivity contribution is 5.89. The van der Waals surface area contributed by atoms with Crippen molar-refractivity contribution >= 4 is 24.1 Å². The van der Waals surface area contributed by atoms with Gasteiger partial charge in [-0.15, -0.1) is 0 Å². The molecule has 0 amide bonds. The fraction of sp³-hybridized carbons (Fsp3) is 0.263. The van der Waals surface area contributed by atoms with E-state index in [2.05, 4.69) is 59.5 Å². The van der Waals surface area contributed by atoms with Crippen LogP contribution >= 0.6 is 0 Å². The molecule has 0 radical (unpaired) electrons. The summed E-state index contributed by atoms with van der Waals surface area (Å²) in [6, 6.07) is 34.4. The first-order valence-electron chi connectivity index (χ1n) is 15.0. The molecule has 0 bridgehead atoms. The lowest BCUT2D eigenvalue weighted by Crippen LogP contribution is -2.27. The summed E-state index contributed by atoms with van der Waals surface area (Å²) in [5.74, 6) is 0.358. The molecule has 4 aromatic carbocycles. The third kappa shape index (κ3) is 10.5. The van der Waals surface area contributed by atoms with Gasteiger partial charge in [0.1, 0.15) is 12.4 Å². The average Bonchev–Trinajstić information content (AvgIpc) is 3.08. The number of ether oxygens (including phenoxy) is 3. The average molecular weight is 592 g/mol. The van der Waals surface area contributed by atoms with E-state index in [0.29, 0.717) is 18.6 Å². The maximum Gasteiger partial charge on any atom is 0.337 e. The molecule has 0 aromatic heterocycles. The molecule has 0 saturated carbocycles. The highest BCUT2D eigenvalue weighted by atomic mass is 16.5. The number of carbonyl (C=O) groups is 2. The number of hydrogen-bond donors (Lipinski definition) is 0. The predicted octanol–water partition coefficient (Wildman–Crippen LogP) is 7.61. The molecule has 0 aliphatic rings. The minimum atomic E-state index is -0.344. The van der Waals surface area contributed by atoms with Crippen molar-refractivity contribution in [2.75, 3.05) is 27.3 Å². The lowest BCUT2D eigenvalue weighted by Gasteiger charge is -2.23. The van der Waals surface area contributed by atoms with Gasteiger partial charge in [-0.05, 0) is 71.8 Å². The molecule has 4 aromatic rings. The summed E-state index contributed by atoms with van der Waals surface area (Å²) < 4.78 is 15.9. The molecule has 0 spiro atoms. The van der Waals surface area contributed by atoms with Crippen LogP contribution in [0.25, 0.3) is 12.2 Å². The molecule has 44 heavy (non-hydrogen) atoms. The Balaban J connectivity index is 1.35. The zero-order chi connectivity index (χ0) is 31.0. The molecule has 0 fully saturated rings. The normalized spacial score (nSPS) is 11.1. The fourth-order valence-corrected chi connectivity index (χ4v) is 4.87. The third-order valence-corrected chi connectivity index (χ3v) is 7.43. The van der Waals surface area contributed by atoms with Gasteiger partial charge in [-0.25, -0.2) is 4.79 Å². The molecule has 0 aliphatic carbocycles. The maximum atomic E-state index is 11.8. The molecular weight excluding hydrogens is 550 g/mol. The van der Waals surface area contributed by atoms with Crippen molar-refractivity contribution in [3.05, 3.63) is 137 Å². The van der Waals surface area contributed by atoms with E-state index in [1.165, 1.54) is 19.8 Å².